The van der Waals surface area contributed by atoms with Gasteiger partial charge in [0.2, 0.25) is 0 Å². The fourth-order valence-corrected chi connectivity index (χ4v) is 2.61. The maximum Gasteiger partial charge on any atom is -0.00174 e. The largest absolute Gasteiger partial charge is 0.316 e. The van der Waals surface area contributed by atoms with Gasteiger partial charge in [0.15, 0.2) is 0 Å². The average Bonchev–Trinajstić information content (AvgIpc) is 2.45. The van der Waals surface area contributed by atoms with Crippen molar-refractivity contribution in [2.75, 3.05) is 13.1 Å². The molecule has 0 radical (unpaired) electrons. The van der Waals surface area contributed by atoms with E-state index < -0.39 is 0 Å². The molecule has 2 rings (SSSR count). The number of nitrogens with one attached hydrogen (secondary N) is 1. The number of benzene rings is 1. The second-order valence-corrected chi connectivity index (χ2v) is 5.46. The first-order chi connectivity index (χ1) is 8.86. The zero-order chi connectivity index (χ0) is 12.6. The van der Waals surface area contributed by atoms with E-state index in [-0.39, 0.29) is 0 Å². The predicted octanol–water partition coefficient (Wildman–Crippen LogP) is 4.13. The Hall–Kier alpha value is -1.08. The van der Waals surface area contributed by atoms with Crippen molar-refractivity contribution < 1.29 is 0 Å². The van der Waals surface area contributed by atoms with Crippen LogP contribution in [-0.4, -0.2) is 13.1 Å². The Morgan fingerprint density at radius 1 is 1.22 bits per heavy atom. The quantitative estimate of drug-likeness (QED) is 0.585. The average molecular weight is 243 g/mol. The highest BCUT2D eigenvalue weighted by Crippen LogP contribution is 2.19. The second-order valence-electron chi connectivity index (χ2n) is 5.46. The van der Waals surface area contributed by atoms with Gasteiger partial charge in [0.1, 0.15) is 0 Å². The molecule has 0 saturated heterocycles. The van der Waals surface area contributed by atoms with Crippen molar-refractivity contribution in [2.24, 2.45) is 5.92 Å². The molecular weight excluding hydrogens is 218 g/mol. The fourth-order valence-electron chi connectivity index (χ4n) is 2.61. The summed E-state index contributed by atoms with van der Waals surface area (Å²) in [6.45, 7) is 4.64. The monoisotopic (exact) mass is 243 g/mol. The molecule has 1 heteroatoms. The zero-order valence-electron chi connectivity index (χ0n) is 11.4. The van der Waals surface area contributed by atoms with Crippen molar-refractivity contribution in [3.8, 4) is 0 Å². The molecule has 1 nitrogen and oxygen atoms in total. The highest BCUT2D eigenvalue weighted by atomic mass is 14.9. The van der Waals surface area contributed by atoms with Crippen LogP contribution in [0.15, 0.2) is 42.5 Å². The summed E-state index contributed by atoms with van der Waals surface area (Å²) in [4.78, 5) is 0. The third kappa shape index (κ3) is 4.30. The first-order valence-corrected chi connectivity index (χ1v) is 7.27. The van der Waals surface area contributed by atoms with E-state index in [9.17, 15) is 0 Å². The van der Waals surface area contributed by atoms with E-state index in [1.54, 1.807) is 0 Å². The SMILES string of the molecule is CC(CCNCC1CC=CCC1)c1ccccc1. The number of rotatable bonds is 6. The Balaban J connectivity index is 1.62. The second kappa shape index (κ2) is 7.38. The molecular formula is C17H25N. The molecule has 0 aliphatic heterocycles. The van der Waals surface area contributed by atoms with Gasteiger partial charge in [-0.3, -0.25) is 0 Å². The summed E-state index contributed by atoms with van der Waals surface area (Å²) in [5.41, 5.74) is 1.46. The lowest BCUT2D eigenvalue weighted by atomic mass is 9.94. The molecule has 0 aromatic heterocycles. The lowest BCUT2D eigenvalue weighted by Crippen LogP contribution is -2.25. The maximum atomic E-state index is 3.62. The molecule has 0 heterocycles. The normalized spacial score (nSPS) is 20.8. The molecule has 2 unspecified atom stereocenters. The van der Waals surface area contributed by atoms with Gasteiger partial charge in [0.05, 0.1) is 0 Å². The Labute approximate surface area is 111 Å². The fraction of sp³-hybridized carbons (Fsp3) is 0.529. The van der Waals surface area contributed by atoms with E-state index in [2.05, 4.69) is 54.7 Å². The molecule has 1 N–H and O–H groups in total. The number of allylic oxidation sites excluding steroid dienone is 2. The summed E-state index contributed by atoms with van der Waals surface area (Å²) in [7, 11) is 0. The Kier molecular flexibility index (Phi) is 5.47. The molecule has 1 aliphatic rings. The Morgan fingerprint density at radius 2 is 2.06 bits per heavy atom. The van der Waals surface area contributed by atoms with Crippen LogP contribution in [-0.2, 0) is 0 Å². The molecule has 2 atom stereocenters. The highest BCUT2D eigenvalue weighted by molar-refractivity contribution is 5.18. The third-order valence-electron chi connectivity index (χ3n) is 3.93. The van der Waals surface area contributed by atoms with Crippen molar-refractivity contribution in [1.29, 1.82) is 0 Å². The molecule has 0 bridgehead atoms. The van der Waals surface area contributed by atoms with Crippen molar-refractivity contribution in [1.82, 2.24) is 5.32 Å². The highest BCUT2D eigenvalue weighted by Gasteiger charge is 2.09. The first-order valence-electron chi connectivity index (χ1n) is 7.27. The zero-order valence-corrected chi connectivity index (χ0v) is 11.4. The molecule has 0 amide bonds. The van der Waals surface area contributed by atoms with Crippen molar-refractivity contribution >= 4 is 0 Å². The molecule has 0 saturated carbocycles. The Morgan fingerprint density at radius 3 is 2.78 bits per heavy atom. The lowest BCUT2D eigenvalue weighted by molar-refractivity contribution is 0.434. The molecule has 0 spiro atoms. The van der Waals surface area contributed by atoms with Crippen molar-refractivity contribution in [3.63, 3.8) is 0 Å². The molecule has 1 aliphatic carbocycles. The van der Waals surface area contributed by atoms with Gasteiger partial charge in [-0.2, -0.15) is 0 Å². The van der Waals surface area contributed by atoms with Crippen LogP contribution in [0.1, 0.15) is 44.1 Å². The van der Waals surface area contributed by atoms with E-state index >= 15 is 0 Å². The lowest BCUT2D eigenvalue weighted by Gasteiger charge is -2.19. The smallest absolute Gasteiger partial charge is 0.00174 e. The van der Waals surface area contributed by atoms with Gasteiger partial charge in [0.25, 0.3) is 0 Å². The van der Waals surface area contributed by atoms with Crippen LogP contribution in [0, 0.1) is 5.92 Å². The van der Waals surface area contributed by atoms with Gasteiger partial charge in [-0.1, -0.05) is 49.4 Å². The molecule has 1 aromatic rings. The maximum absolute atomic E-state index is 3.62. The van der Waals surface area contributed by atoms with E-state index in [1.165, 1.54) is 37.8 Å². The van der Waals surface area contributed by atoms with Gasteiger partial charge in [-0.15, -0.1) is 0 Å². The van der Waals surface area contributed by atoms with Gasteiger partial charge in [-0.25, -0.2) is 0 Å². The number of hydrogen-bond donors (Lipinski definition) is 1. The van der Waals surface area contributed by atoms with Gasteiger partial charge < -0.3 is 5.32 Å². The topological polar surface area (TPSA) is 12.0 Å². The van der Waals surface area contributed by atoms with E-state index in [4.69, 9.17) is 0 Å². The standard InChI is InChI=1S/C17H25N/c1-15(17-10-6-3-7-11-17)12-13-18-14-16-8-4-2-5-9-16/h2-4,6-7,10-11,15-16,18H,5,8-9,12-14H2,1H3. The molecule has 1 aromatic carbocycles. The van der Waals surface area contributed by atoms with Gasteiger partial charge in [0, 0.05) is 0 Å². The van der Waals surface area contributed by atoms with E-state index in [0.717, 1.165) is 12.5 Å². The van der Waals surface area contributed by atoms with Gasteiger partial charge >= 0.3 is 0 Å². The van der Waals surface area contributed by atoms with Gasteiger partial charge in [-0.05, 0) is 56.2 Å². The molecule has 18 heavy (non-hydrogen) atoms. The van der Waals surface area contributed by atoms with Crippen LogP contribution in [0.25, 0.3) is 0 Å². The minimum Gasteiger partial charge on any atom is -0.316 e. The van der Waals surface area contributed by atoms with Crippen molar-refractivity contribution in [3.05, 3.63) is 48.0 Å². The van der Waals surface area contributed by atoms with Crippen LogP contribution in [0.5, 0.6) is 0 Å². The van der Waals surface area contributed by atoms with Crippen LogP contribution in [0.4, 0.5) is 0 Å². The van der Waals surface area contributed by atoms with Crippen LogP contribution < -0.4 is 5.32 Å². The van der Waals surface area contributed by atoms with E-state index in [0.29, 0.717) is 5.92 Å². The summed E-state index contributed by atoms with van der Waals surface area (Å²) in [5, 5.41) is 3.62. The first kappa shape index (κ1) is 13.4. The summed E-state index contributed by atoms with van der Waals surface area (Å²) in [6, 6.07) is 10.8. The van der Waals surface area contributed by atoms with E-state index in [1.807, 2.05) is 0 Å². The minimum atomic E-state index is 0.657. The van der Waals surface area contributed by atoms with Crippen LogP contribution >= 0.6 is 0 Å². The predicted molar refractivity (Wildman–Crippen MR) is 78.8 cm³/mol. The summed E-state index contributed by atoms with van der Waals surface area (Å²) >= 11 is 0. The summed E-state index contributed by atoms with van der Waals surface area (Å²) in [6.07, 6.45) is 9.77. The summed E-state index contributed by atoms with van der Waals surface area (Å²) < 4.78 is 0. The Bertz CT molecular complexity index is 355. The van der Waals surface area contributed by atoms with Crippen molar-refractivity contribution in [2.45, 2.75) is 38.5 Å². The molecule has 0 fully saturated rings. The summed E-state index contributed by atoms with van der Waals surface area (Å²) in [5.74, 6) is 1.52. The van der Waals surface area contributed by atoms with Crippen LogP contribution in [0.3, 0.4) is 0 Å². The van der Waals surface area contributed by atoms with Crippen LogP contribution in [0.2, 0.25) is 0 Å². The minimum absolute atomic E-state index is 0.657. The molecule has 98 valence electrons. The number of hydrogen-bond acceptors (Lipinski definition) is 1. The third-order valence-corrected chi connectivity index (χ3v) is 3.93.